The first kappa shape index (κ1) is 12.0. The summed E-state index contributed by atoms with van der Waals surface area (Å²) < 4.78 is 37.9. The van der Waals surface area contributed by atoms with Gasteiger partial charge in [-0.05, 0) is 17.7 Å². The molecule has 1 aromatic rings. The van der Waals surface area contributed by atoms with Crippen molar-refractivity contribution in [2.24, 2.45) is 4.99 Å². The summed E-state index contributed by atoms with van der Waals surface area (Å²) in [5.74, 6) is 0.585. The Kier molecular flexibility index (Phi) is 2.69. The number of amidine groups is 1. The lowest BCUT2D eigenvalue weighted by atomic mass is 10.1. The molecule has 98 valence electrons. The second-order valence-corrected chi connectivity index (χ2v) is 4.48. The molecule has 2 nitrogen and oxygen atoms in total. The van der Waals surface area contributed by atoms with Gasteiger partial charge in [-0.3, -0.25) is 4.99 Å². The van der Waals surface area contributed by atoms with Gasteiger partial charge in [0.1, 0.15) is 5.84 Å². The highest BCUT2D eigenvalue weighted by Gasteiger charge is 2.36. The van der Waals surface area contributed by atoms with E-state index in [1.165, 1.54) is 6.08 Å². The molecule has 0 bridgehead atoms. The second kappa shape index (κ2) is 4.26. The molecule has 2 aliphatic rings. The molecule has 0 aliphatic carbocycles. The molecule has 0 radical (unpaired) electrons. The number of hydrogen-bond donors (Lipinski definition) is 0. The lowest BCUT2D eigenvalue weighted by Crippen LogP contribution is -2.26. The molecule has 3 rings (SSSR count). The molecule has 2 heterocycles. The van der Waals surface area contributed by atoms with Crippen molar-refractivity contribution in [1.29, 1.82) is 0 Å². The van der Waals surface area contributed by atoms with Gasteiger partial charge in [0.15, 0.2) is 0 Å². The van der Waals surface area contributed by atoms with Crippen LogP contribution in [0, 0.1) is 0 Å². The largest absolute Gasteiger partial charge is 0.417 e. The van der Waals surface area contributed by atoms with E-state index in [1.54, 1.807) is 4.90 Å². The van der Waals surface area contributed by atoms with Crippen molar-refractivity contribution in [2.75, 3.05) is 6.54 Å². The summed E-state index contributed by atoms with van der Waals surface area (Å²) in [6.07, 6.45) is -0.691. The lowest BCUT2D eigenvalue weighted by molar-refractivity contribution is -0.0890. The number of fused-ring (bicyclic) bond motifs is 1. The molecule has 1 aromatic carbocycles. The molecule has 1 atom stereocenters. The molecule has 5 heteroatoms. The normalized spacial score (nSPS) is 22.1. The van der Waals surface area contributed by atoms with Crippen LogP contribution in [0.15, 0.2) is 59.2 Å². The van der Waals surface area contributed by atoms with Crippen molar-refractivity contribution in [3.8, 4) is 0 Å². The van der Waals surface area contributed by atoms with E-state index in [2.05, 4.69) is 4.99 Å². The van der Waals surface area contributed by atoms with Crippen LogP contribution >= 0.6 is 0 Å². The van der Waals surface area contributed by atoms with Gasteiger partial charge in [-0.2, -0.15) is 13.2 Å². The van der Waals surface area contributed by atoms with Crippen LogP contribution in [-0.2, 0) is 0 Å². The van der Waals surface area contributed by atoms with Crippen molar-refractivity contribution >= 4 is 5.84 Å². The van der Waals surface area contributed by atoms with Crippen LogP contribution in [0.25, 0.3) is 0 Å². The summed E-state index contributed by atoms with van der Waals surface area (Å²) in [4.78, 5) is 6.00. The fourth-order valence-corrected chi connectivity index (χ4v) is 2.21. The number of hydrogen-bond acceptors (Lipinski definition) is 2. The van der Waals surface area contributed by atoms with Gasteiger partial charge in [0.25, 0.3) is 0 Å². The van der Waals surface area contributed by atoms with E-state index in [9.17, 15) is 13.2 Å². The van der Waals surface area contributed by atoms with E-state index in [0.29, 0.717) is 12.4 Å². The van der Waals surface area contributed by atoms with Crippen LogP contribution in [0.3, 0.4) is 0 Å². The molecule has 0 unspecified atom stereocenters. The molecule has 2 aliphatic heterocycles. The Hall–Kier alpha value is -2.04. The fraction of sp³-hybridized carbons (Fsp3) is 0.214. The molecule has 0 saturated carbocycles. The lowest BCUT2D eigenvalue weighted by Gasteiger charge is -2.20. The Morgan fingerprint density at radius 3 is 2.53 bits per heavy atom. The van der Waals surface area contributed by atoms with Crippen LogP contribution in [-0.4, -0.2) is 23.5 Å². The van der Waals surface area contributed by atoms with Crippen molar-refractivity contribution in [3.05, 3.63) is 59.8 Å². The van der Waals surface area contributed by atoms with E-state index in [1.807, 2.05) is 30.3 Å². The molecule has 0 N–H and O–H groups in total. The smallest absolute Gasteiger partial charge is 0.330 e. The van der Waals surface area contributed by atoms with Gasteiger partial charge in [0.2, 0.25) is 0 Å². The maximum Gasteiger partial charge on any atom is 0.417 e. The van der Waals surface area contributed by atoms with E-state index < -0.39 is 11.7 Å². The van der Waals surface area contributed by atoms with Crippen LogP contribution in [0.4, 0.5) is 13.2 Å². The van der Waals surface area contributed by atoms with Crippen molar-refractivity contribution in [2.45, 2.75) is 12.2 Å². The molecular formula is C14H11F3N2. The number of alkyl halides is 3. The maximum absolute atomic E-state index is 12.6. The number of rotatable bonds is 1. The Balaban J connectivity index is 1.85. The first-order valence-corrected chi connectivity index (χ1v) is 5.90. The van der Waals surface area contributed by atoms with Gasteiger partial charge >= 0.3 is 6.18 Å². The predicted octanol–water partition coefficient (Wildman–Crippen LogP) is 3.46. The summed E-state index contributed by atoms with van der Waals surface area (Å²) in [5, 5.41) is 0. The first-order chi connectivity index (χ1) is 9.04. The van der Waals surface area contributed by atoms with Crippen molar-refractivity contribution in [1.82, 2.24) is 4.90 Å². The second-order valence-electron chi connectivity index (χ2n) is 4.48. The Morgan fingerprint density at radius 2 is 1.84 bits per heavy atom. The molecule has 0 spiro atoms. The van der Waals surface area contributed by atoms with Crippen LogP contribution in [0.5, 0.6) is 0 Å². The van der Waals surface area contributed by atoms with Gasteiger partial charge in [0.05, 0.1) is 18.2 Å². The molecular weight excluding hydrogens is 253 g/mol. The van der Waals surface area contributed by atoms with E-state index in [-0.39, 0.29) is 6.04 Å². The van der Waals surface area contributed by atoms with E-state index in [4.69, 9.17) is 0 Å². The summed E-state index contributed by atoms with van der Waals surface area (Å²) in [6, 6.07) is 9.47. The minimum atomic E-state index is -4.31. The highest BCUT2D eigenvalue weighted by molar-refractivity contribution is 5.96. The van der Waals surface area contributed by atoms with E-state index >= 15 is 0 Å². The summed E-state index contributed by atoms with van der Waals surface area (Å²) >= 11 is 0. The SMILES string of the molecule is FC(F)(F)C1=CN2C[C@H](c3ccccc3)N=C2C=C1. The Bertz CT molecular complexity index is 570. The topological polar surface area (TPSA) is 15.6 Å². The zero-order valence-electron chi connectivity index (χ0n) is 9.93. The molecule has 19 heavy (non-hydrogen) atoms. The number of halogens is 3. The minimum absolute atomic E-state index is 0.107. The standard InChI is InChI=1S/C14H11F3N2/c15-14(16,17)11-6-7-13-18-12(9-19(13)8-11)10-4-2-1-3-5-10/h1-8,12H,9H2/t12-/m1/s1. The average Bonchev–Trinajstić information content (AvgIpc) is 2.81. The molecule has 0 amide bonds. The molecule has 0 saturated heterocycles. The third kappa shape index (κ3) is 2.28. The quantitative estimate of drug-likeness (QED) is 0.758. The highest BCUT2D eigenvalue weighted by atomic mass is 19.4. The Morgan fingerprint density at radius 1 is 1.11 bits per heavy atom. The molecule has 0 aromatic heterocycles. The number of benzene rings is 1. The molecule has 0 fully saturated rings. The van der Waals surface area contributed by atoms with Crippen LogP contribution < -0.4 is 0 Å². The number of nitrogens with zero attached hydrogens (tertiary/aromatic N) is 2. The first-order valence-electron chi connectivity index (χ1n) is 5.90. The van der Waals surface area contributed by atoms with Gasteiger partial charge < -0.3 is 4.90 Å². The highest BCUT2D eigenvalue weighted by Crippen LogP contribution is 2.33. The van der Waals surface area contributed by atoms with Crippen LogP contribution in [0.1, 0.15) is 11.6 Å². The van der Waals surface area contributed by atoms with Gasteiger partial charge in [-0.1, -0.05) is 30.3 Å². The van der Waals surface area contributed by atoms with Crippen molar-refractivity contribution < 1.29 is 13.2 Å². The zero-order valence-corrected chi connectivity index (χ0v) is 9.93. The van der Waals surface area contributed by atoms with Crippen LogP contribution in [0.2, 0.25) is 0 Å². The number of aliphatic imine (C=N–C) groups is 1. The third-order valence-electron chi connectivity index (χ3n) is 3.17. The summed E-state index contributed by atoms with van der Waals surface area (Å²) in [6.45, 7) is 0.448. The van der Waals surface area contributed by atoms with Gasteiger partial charge in [-0.15, -0.1) is 0 Å². The van der Waals surface area contributed by atoms with Crippen molar-refractivity contribution in [3.63, 3.8) is 0 Å². The zero-order chi connectivity index (χ0) is 13.5. The average molecular weight is 264 g/mol. The monoisotopic (exact) mass is 264 g/mol. The summed E-state index contributed by atoms with van der Waals surface area (Å²) in [5.41, 5.74) is 0.375. The fourth-order valence-electron chi connectivity index (χ4n) is 2.21. The minimum Gasteiger partial charge on any atom is -0.330 e. The predicted molar refractivity (Wildman–Crippen MR) is 66.6 cm³/mol. The van der Waals surface area contributed by atoms with Gasteiger partial charge in [0, 0.05) is 6.20 Å². The number of allylic oxidation sites excluding steroid dienone is 2. The Labute approximate surface area is 108 Å². The van der Waals surface area contributed by atoms with E-state index in [0.717, 1.165) is 17.8 Å². The third-order valence-corrected chi connectivity index (χ3v) is 3.17. The maximum atomic E-state index is 12.6. The summed E-state index contributed by atoms with van der Waals surface area (Å²) in [7, 11) is 0. The van der Waals surface area contributed by atoms with Gasteiger partial charge in [-0.25, -0.2) is 0 Å².